The number of carbonyl (C=O) groups excluding carboxylic acids is 2. The summed E-state index contributed by atoms with van der Waals surface area (Å²) >= 11 is 1.31. The molecule has 2 heterocycles. The van der Waals surface area contributed by atoms with Crippen molar-refractivity contribution in [2.45, 2.75) is 37.9 Å². The van der Waals surface area contributed by atoms with E-state index in [4.69, 9.17) is 9.47 Å². The summed E-state index contributed by atoms with van der Waals surface area (Å²) in [4.78, 5) is 29.3. The van der Waals surface area contributed by atoms with Crippen LogP contribution >= 0.6 is 11.3 Å². The van der Waals surface area contributed by atoms with Gasteiger partial charge in [0.05, 0.1) is 46.0 Å². The average Bonchev–Trinajstić information content (AvgIpc) is 3.24. The number of benzene rings is 2. The molecule has 0 spiro atoms. The maximum atomic E-state index is 13.2. The Morgan fingerprint density at radius 1 is 1.14 bits per heavy atom. The second kappa shape index (κ2) is 10.4. The van der Waals surface area contributed by atoms with Crippen LogP contribution in [-0.4, -0.2) is 67.9 Å². The second-order valence-corrected chi connectivity index (χ2v) is 11.3. The van der Waals surface area contributed by atoms with E-state index < -0.39 is 16.0 Å². The Morgan fingerprint density at radius 2 is 1.89 bits per heavy atom. The van der Waals surface area contributed by atoms with Crippen molar-refractivity contribution in [3.63, 3.8) is 0 Å². The van der Waals surface area contributed by atoms with Crippen LogP contribution < -0.4 is 5.32 Å². The molecule has 0 amide bonds. The number of ether oxygens (including phenoxy) is 2. The highest BCUT2D eigenvalue weighted by Gasteiger charge is 2.32. The average molecular weight is 518 g/mol. The van der Waals surface area contributed by atoms with Gasteiger partial charge in [-0.1, -0.05) is 23.5 Å². The number of rotatable bonds is 8. The number of nitrogens with one attached hydrogen (secondary N) is 1. The molecule has 0 radical (unpaired) electrons. The first-order chi connectivity index (χ1) is 16.7. The fourth-order valence-electron chi connectivity index (χ4n) is 3.91. The minimum Gasteiger partial charge on any atom is -0.462 e. The summed E-state index contributed by atoms with van der Waals surface area (Å²) < 4.78 is 39.2. The van der Waals surface area contributed by atoms with E-state index in [2.05, 4.69) is 10.3 Å². The lowest BCUT2D eigenvalue weighted by atomic mass is 10.1. The molecule has 35 heavy (non-hydrogen) atoms. The van der Waals surface area contributed by atoms with Crippen LogP contribution in [0, 0.1) is 0 Å². The number of ketones is 1. The zero-order chi connectivity index (χ0) is 25.2. The number of morpholine rings is 1. The number of aromatic nitrogens is 1. The predicted molar refractivity (Wildman–Crippen MR) is 134 cm³/mol. The molecule has 0 aliphatic carbocycles. The van der Waals surface area contributed by atoms with Crippen LogP contribution in [0.25, 0.3) is 10.2 Å². The fraction of sp³-hybridized carbons (Fsp3) is 0.375. The molecule has 3 aromatic rings. The van der Waals surface area contributed by atoms with Gasteiger partial charge in [-0.25, -0.2) is 18.2 Å². The highest BCUT2D eigenvalue weighted by molar-refractivity contribution is 7.89. The molecule has 1 N–H and O–H groups in total. The first-order valence-corrected chi connectivity index (χ1v) is 13.5. The molecule has 2 atom stereocenters. The van der Waals surface area contributed by atoms with E-state index in [1.807, 2.05) is 13.8 Å². The molecule has 186 valence electrons. The minimum atomic E-state index is -3.75. The number of nitrogens with zero attached hydrogens (tertiary/aromatic N) is 2. The van der Waals surface area contributed by atoms with Crippen molar-refractivity contribution in [1.82, 2.24) is 9.29 Å². The third-order valence-electron chi connectivity index (χ3n) is 5.48. The quantitative estimate of drug-likeness (QED) is 0.356. The molecule has 0 saturated carbocycles. The molecule has 4 rings (SSSR count). The Morgan fingerprint density at radius 3 is 2.60 bits per heavy atom. The standard InChI is InChI=1S/C24H27N3O6S2/c1-4-32-23(29)18-8-9-20-22(11-18)34-24(26-20)25-12-21(28)17-6-5-7-19(10-17)35(30,31)27-13-15(2)33-16(3)14-27/h5-11,15-16H,4,12-14H2,1-3H3,(H,25,26). The number of Topliss-reactive ketones (excluding diaryl/α,β-unsaturated/α-hetero) is 1. The van der Waals surface area contributed by atoms with E-state index in [9.17, 15) is 18.0 Å². The van der Waals surface area contributed by atoms with Crippen molar-refractivity contribution < 1.29 is 27.5 Å². The third-order valence-corrected chi connectivity index (χ3v) is 8.28. The number of thiazole rings is 1. The summed E-state index contributed by atoms with van der Waals surface area (Å²) in [5.41, 5.74) is 1.42. The molecule has 1 aliphatic heterocycles. The van der Waals surface area contributed by atoms with E-state index in [0.717, 1.165) is 4.70 Å². The van der Waals surface area contributed by atoms with E-state index in [1.165, 1.54) is 27.8 Å². The number of esters is 1. The SMILES string of the molecule is CCOC(=O)c1ccc2nc(NCC(=O)c3cccc(S(=O)(=O)N4CC(C)OC(C)C4)c3)sc2c1. The number of anilines is 1. The minimum absolute atomic E-state index is 0.0559. The largest absolute Gasteiger partial charge is 0.462 e. The van der Waals surface area contributed by atoms with Gasteiger partial charge in [-0.2, -0.15) is 4.31 Å². The van der Waals surface area contributed by atoms with Crippen LogP contribution in [0.3, 0.4) is 0 Å². The number of hydrogen-bond donors (Lipinski definition) is 1. The molecule has 11 heteroatoms. The lowest BCUT2D eigenvalue weighted by Gasteiger charge is -2.34. The molecule has 0 bridgehead atoms. The normalized spacial score (nSPS) is 18.9. The van der Waals surface area contributed by atoms with Gasteiger partial charge in [-0.15, -0.1) is 0 Å². The van der Waals surface area contributed by atoms with Gasteiger partial charge in [0, 0.05) is 18.7 Å². The maximum Gasteiger partial charge on any atom is 0.338 e. The van der Waals surface area contributed by atoms with Crippen molar-refractivity contribution in [1.29, 1.82) is 0 Å². The molecule has 1 saturated heterocycles. The van der Waals surface area contributed by atoms with Crippen LogP contribution in [0.2, 0.25) is 0 Å². The summed E-state index contributed by atoms with van der Waals surface area (Å²) in [6, 6.07) is 11.2. The molecule has 2 aromatic carbocycles. The van der Waals surface area contributed by atoms with Gasteiger partial charge in [0.15, 0.2) is 10.9 Å². The molecule has 2 unspecified atom stereocenters. The number of carbonyl (C=O) groups is 2. The number of hydrogen-bond acceptors (Lipinski definition) is 9. The summed E-state index contributed by atoms with van der Waals surface area (Å²) in [5.74, 6) is -0.666. The zero-order valence-electron chi connectivity index (χ0n) is 19.7. The maximum absolute atomic E-state index is 13.2. The second-order valence-electron chi connectivity index (χ2n) is 8.31. The van der Waals surface area contributed by atoms with Gasteiger partial charge in [-0.3, -0.25) is 4.79 Å². The van der Waals surface area contributed by atoms with E-state index in [1.54, 1.807) is 37.3 Å². The number of fused-ring (bicyclic) bond motifs is 1. The first-order valence-electron chi connectivity index (χ1n) is 11.3. The lowest BCUT2D eigenvalue weighted by Crippen LogP contribution is -2.48. The van der Waals surface area contributed by atoms with Crippen LogP contribution in [0.15, 0.2) is 47.4 Å². The number of sulfonamides is 1. The fourth-order valence-corrected chi connectivity index (χ4v) is 6.44. The van der Waals surface area contributed by atoms with Crippen molar-refractivity contribution in [2.24, 2.45) is 0 Å². The van der Waals surface area contributed by atoms with Crippen molar-refractivity contribution in [2.75, 3.05) is 31.6 Å². The predicted octanol–water partition coefficient (Wildman–Crippen LogP) is 3.57. The smallest absolute Gasteiger partial charge is 0.338 e. The molecule has 9 nitrogen and oxygen atoms in total. The lowest BCUT2D eigenvalue weighted by molar-refractivity contribution is -0.0440. The third kappa shape index (κ3) is 5.69. The molecular weight excluding hydrogens is 490 g/mol. The molecule has 1 aliphatic rings. The monoisotopic (exact) mass is 517 g/mol. The van der Waals surface area contributed by atoms with Crippen molar-refractivity contribution in [3.8, 4) is 0 Å². The van der Waals surface area contributed by atoms with Crippen molar-refractivity contribution >= 4 is 48.5 Å². The summed E-state index contributed by atoms with van der Waals surface area (Å²) in [7, 11) is -3.75. The van der Waals surface area contributed by atoms with Crippen molar-refractivity contribution in [3.05, 3.63) is 53.6 Å². The van der Waals surface area contributed by atoms with Crippen LogP contribution in [0.1, 0.15) is 41.5 Å². The van der Waals surface area contributed by atoms with Crippen LogP contribution in [0.4, 0.5) is 5.13 Å². The summed E-state index contributed by atoms with van der Waals surface area (Å²) in [6.45, 7) is 6.19. The van der Waals surface area contributed by atoms with Gasteiger partial charge in [0.25, 0.3) is 0 Å². The summed E-state index contributed by atoms with van der Waals surface area (Å²) in [6.07, 6.45) is -0.408. The highest BCUT2D eigenvalue weighted by Crippen LogP contribution is 2.27. The van der Waals surface area contributed by atoms with Gasteiger partial charge >= 0.3 is 5.97 Å². The van der Waals surface area contributed by atoms with Gasteiger partial charge in [0.2, 0.25) is 10.0 Å². The Hall–Kier alpha value is -2.86. The molecule has 1 aromatic heterocycles. The topological polar surface area (TPSA) is 115 Å². The Labute approximate surface area is 208 Å². The van der Waals surface area contributed by atoms with E-state index in [0.29, 0.717) is 28.4 Å². The van der Waals surface area contributed by atoms with Gasteiger partial charge in [0.1, 0.15) is 0 Å². The zero-order valence-corrected chi connectivity index (χ0v) is 21.3. The molecular formula is C24H27N3O6S2. The Kier molecular flexibility index (Phi) is 7.50. The highest BCUT2D eigenvalue weighted by atomic mass is 32.2. The first kappa shape index (κ1) is 25.2. The van der Waals surface area contributed by atoms with Crippen LogP contribution in [-0.2, 0) is 19.5 Å². The van der Waals surface area contributed by atoms with Gasteiger partial charge in [-0.05, 0) is 51.1 Å². The Balaban J connectivity index is 1.46. The van der Waals surface area contributed by atoms with E-state index in [-0.39, 0.29) is 42.5 Å². The van der Waals surface area contributed by atoms with Crippen LogP contribution in [0.5, 0.6) is 0 Å². The van der Waals surface area contributed by atoms with Gasteiger partial charge < -0.3 is 14.8 Å². The van der Waals surface area contributed by atoms with E-state index >= 15 is 0 Å². The summed E-state index contributed by atoms with van der Waals surface area (Å²) in [5, 5.41) is 3.53. The molecule has 1 fully saturated rings. The Bertz CT molecular complexity index is 1340.